The topological polar surface area (TPSA) is 97.2 Å². The number of pyridine rings is 3. The normalized spacial score (nSPS) is 18.2. The Balaban J connectivity index is 1.17. The number of nitrogens with zero attached hydrogens (tertiary/aromatic N) is 4. The molecule has 0 radical (unpaired) electrons. The highest BCUT2D eigenvalue weighted by Crippen LogP contribution is 2.41. The Bertz CT molecular complexity index is 1620. The van der Waals surface area contributed by atoms with Crippen molar-refractivity contribution in [1.29, 1.82) is 0 Å². The van der Waals surface area contributed by atoms with Crippen molar-refractivity contribution < 1.29 is 27.9 Å². The smallest absolute Gasteiger partial charge is 0.313 e. The molecule has 0 spiro atoms. The van der Waals surface area contributed by atoms with Gasteiger partial charge in [-0.1, -0.05) is 30.3 Å². The Morgan fingerprint density at radius 3 is 2.43 bits per heavy atom. The van der Waals surface area contributed by atoms with Crippen LogP contribution < -0.4 is 5.32 Å². The first-order chi connectivity index (χ1) is 21.9. The molecule has 5 rings (SSSR count). The van der Waals surface area contributed by atoms with E-state index in [0.717, 1.165) is 17.7 Å². The quantitative estimate of drug-likeness (QED) is 0.102. The van der Waals surface area contributed by atoms with E-state index in [9.17, 15) is 18.7 Å². The monoisotopic (exact) mass is 630 g/mol. The Morgan fingerprint density at radius 1 is 1.02 bits per heavy atom. The summed E-state index contributed by atoms with van der Waals surface area (Å²) in [4.78, 5) is 26.3. The fourth-order valence-electron chi connectivity index (χ4n) is 6.09. The van der Waals surface area contributed by atoms with E-state index < -0.39 is 12.0 Å². The van der Waals surface area contributed by atoms with Gasteiger partial charge in [0.25, 0.3) is 6.43 Å². The number of ether oxygens (including phenoxy) is 1. The molecular formula is C36H42F2N5O3+. The molecule has 1 aliphatic rings. The van der Waals surface area contributed by atoms with E-state index in [-0.39, 0.29) is 29.2 Å². The first kappa shape index (κ1) is 33.1. The number of aryl methyl sites for hydroxylation is 1. The van der Waals surface area contributed by atoms with Gasteiger partial charge in [0.15, 0.2) is 0 Å². The molecular weight excluding hydrogens is 588 g/mol. The van der Waals surface area contributed by atoms with Crippen LogP contribution in [0, 0.1) is 18.8 Å². The molecule has 0 unspecified atom stereocenters. The van der Waals surface area contributed by atoms with E-state index in [1.54, 1.807) is 13.1 Å². The van der Waals surface area contributed by atoms with E-state index in [1.807, 2.05) is 63.5 Å². The highest BCUT2D eigenvalue weighted by atomic mass is 19.3. The van der Waals surface area contributed by atoms with Gasteiger partial charge in [0.1, 0.15) is 23.8 Å². The Morgan fingerprint density at radius 2 is 1.76 bits per heavy atom. The summed E-state index contributed by atoms with van der Waals surface area (Å²) < 4.78 is 32.6. The van der Waals surface area contributed by atoms with Crippen LogP contribution in [0.2, 0.25) is 0 Å². The SMILES string of the molecule is Cc1cc(Nc2cc(C(F)F)ccn2)nc(-c2ccc([C@](C)(O)C3CCC(C(=O)OC[N+](C)(C)Cc4ccccc4)CC3)nc2)c1. The summed E-state index contributed by atoms with van der Waals surface area (Å²) in [6.07, 6.45) is 3.11. The zero-order valence-electron chi connectivity index (χ0n) is 26.8. The van der Waals surface area contributed by atoms with Gasteiger partial charge < -0.3 is 15.2 Å². The van der Waals surface area contributed by atoms with Crippen molar-refractivity contribution in [3.05, 3.63) is 102 Å². The minimum atomic E-state index is -2.59. The van der Waals surface area contributed by atoms with Gasteiger partial charge in [-0.05, 0) is 87.4 Å². The fourth-order valence-corrected chi connectivity index (χ4v) is 6.09. The lowest BCUT2D eigenvalue weighted by Gasteiger charge is -2.37. The van der Waals surface area contributed by atoms with Gasteiger partial charge in [-0.3, -0.25) is 14.3 Å². The number of hydrogen-bond donors (Lipinski definition) is 2. The van der Waals surface area contributed by atoms with Gasteiger partial charge in [0, 0.05) is 29.1 Å². The molecule has 1 fully saturated rings. The van der Waals surface area contributed by atoms with Crippen LogP contribution in [0.4, 0.5) is 20.4 Å². The summed E-state index contributed by atoms with van der Waals surface area (Å²) >= 11 is 0. The number of nitrogens with one attached hydrogen (secondary N) is 1. The molecule has 46 heavy (non-hydrogen) atoms. The summed E-state index contributed by atoms with van der Waals surface area (Å²) in [5, 5.41) is 14.6. The van der Waals surface area contributed by atoms with Gasteiger partial charge in [-0.25, -0.2) is 18.7 Å². The minimum Gasteiger partial charge on any atom is -0.415 e. The molecule has 1 aliphatic carbocycles. The van der Waals surface area contributed by atoms with Crippen LogP contribution >= 0.6 is 0 Å². The standard InChI is InChI=1S/C36H42F2N5O3/c1-24-18-30(41-33(19-24)42-32-20-27(34(37)38)16-17-39-32)28-12-15-31(40-21-28)36(2,45)29-13-10-26(11-14-29)35(44)46-23-43(3,4)22-25-8-6-5-7-9-25/h5-9,12,15-21,26,29,34,45H,10-11,13-14,22-23H2,1-4H3,(H,39,41,42)/q+1/t26?,29?,36-/m1/s1. The van der Waals surface area contributed by atoms with Crippen molar-refractivity contribution >= 4 is 17.6 Å². The molecule has 10 heteroatoms. The third-order valence-corrected chi connectivity index (χ3v) is 8.70. The number of hydrogen-bond acceptors (Lipinski definition) is 7. The molecule has 8 nitrogen and oxygen atoms in total. The number of benzene rings is 1. The Hall–Kier alpha value is -4.28. The molecule has 0 amide bonds. The Labute approximate surface area is 269 Å². The van der Waals surface area contributed by atoms with Gasteiger partial charge in [0.05, 0.1) is 31.4 Å². The molecule has 3 aromatic heterocycles. The summed E-state index contributed by atoms with van der Waals surface area (Å²) in [6, 6.07) is 20.1. The average molecular weight is 631 g/mol. The third-order valence-electron chi connectivity index (χ3n) is 8.70. The van der Waals surface area contributed by atoms with Crippen LogP contribution in [0.25, 0.3) is 11.3 Å². The van der Waals surface area contributed by atoms with Crippen LogP contribution in [-0.4, -0.2) is 51.3 Å². The first-order valence-corrected chi connectivity index (χ1v) is 15.6. The molecule has 3 heterocycles. The highest BCUT2D eigenvalue weighted by molar-refractivity contribution is 5.72. The molecule has 1 aromatic carbocycles. The second-order valence-electron chi connectivity index (χ2n) is 13.1. The summed E-state index contributed by atoms with van der Waals surface area (Å²) in [5.41, 5.74) is 2.78. The number of carbonyl (C=O) groups is 1. The molecule has 242 valence electrons. The zero-order chi connectivity index (χ0) is 32.9. The van der Waals surface area contributed by atoms with Crippen LogP contribution in [0.3, 0.4) is 0 Å². The van der Waals surface area contributed by atoms with Gasteiger partial charge in [-0.2, -0.15) is 0 Å². The number of halogens is 2. The lowest BCUT2D eigenvalue weighted by Crippen LogP contribution is -2.42. The van der Waals surface area contributed by atoms with Crippen LogP contribution in [0.1, 0.15) is 61.4 Å². The summed E-state index contributed by atoms with van der Waals surface area (Å²) in [5.74, 6) is 0.350. The maximum Gasteiger partial charge on any atom is 0.313 e. The molecule has 2 N–H and O–H groups in total. The van der Waals surface area contributed by atoms with Gasteiger partial charge in [-0.15, -0.1) is 0 Å². The maximum atomic E-state index is 13.1. The number of rotatable bonds is 11. The predicted molar refractivity (Wildman–Crippen MR) is 173 cm³/mol. The van der Waals surface area contributed by atoms with Crippen molar-refractivity contribution in [3.8, 4) is 11.3 Å². The number of esters is 1. The first-order valence-electron chi connectivity index (χ1n) is 15.6. The summed E-state index contributed by atoms with van der Waals surface area (Å²) in [7, 11) is 4.10. The number of aliphatic hydroxyl groups is 1. The predicted octanol–water partition coefficient (Wildman–Crippen LogP) is 7.32. The van der Waals surface area contributed by atoms with Crippen LogP contribution in [0.5, 0.6) is 0 Å². The largest absolute Gasteiger partial charge is 0.415 e. The van der Waals surface area contributed by atoms with Crippen molar-refractivity contribution in [2.75, 3.05) is 26.1 Å². The van der Waals surface area contributed by atoms with Gasteiger partial charge in [0.2, 0.25) is 6.73 Å². The minimum absolute atomic E-state index is 0.0513. The van der Waals surface area contributed by atoms with Crippen molar-refractivity contribution in [3.63, 3.8) is 0 Å². The van der Waals surface area contributed by atoms with E-state index in [1.165, 1.54) is 23.9 Å². The maximum absolute atomic E-state index is 13.1. The number of quaternary nitrogens is 1. The number of alkyl halides is 2. The number of aromatic nitrogens is 3. The molecule has 0 bridgehead atoms. The molecule has 0 aliphatic heterocycles. The van der Waals surface area contributed by atoms with Gasteiger partial charge >= 0.3 is 5.97 Å². The second kappa shape index (κ2) is 14.0. The highest BCUT2D eigenvalue weighted by Gasteiger charge is 2.39. The van der Waals surface area contributed by atoms with E-state index >= 15 is 0 Å². The van der Waals surface area contributed by atoms with Crippen molar-refractivity contribution in [2.24, 2.45) is 11.8 Å². The van der Waals surface area contributed by atoms with E-state index in [0.29, 0.717) is 54.1 Å². The van der Waals surface area contributed by atoms with E-state index in [2.05, 4.69) is 32.4 Å². The number of anilines is 2. The van der Waals surface area contributed by atoms with Crippen molar-refractivity contribution in [2.45, 2.75) is 58.1 Å². The van der Waals surface area contributed by atoms with E-state index in [4.69, 9.17) is 4.74 Å². The average Bonchev–Trinajstić information content (AvgIpc) is 3.04. The molecule has 0 saturated heterocycles. The molecule has 1 saturated carbocycles. The number of carbonyl (C=O) groups excluding carboxylic acids is 1. The molecule has 4 aromatic rings. The second-order valence-corrected chi connectivity index (χ2v) is 13.1. The Kier molecular flexibility index (Phi) is 10.1. The van der Waals surface area contributed by atoms with Crippen molar-refractivity contribution in [1.82, 2.24) is 15.0 Å². The summed E-state index contributed by atoms with van der Waals surface area (Å²) in [6.45, 7) is 4.78. The lowest BCUT2D eigenvalue weighted by atomic mass is 9.73. The lowest BCUT2D eigenvalue weighted by molar-refractivity contribution is -0.920. The zero-order valence-corrected chi connectivity index (χ0v) is 26.8. The van der Waals surface area contributed by atoms with Crippen LogP contribution in [0.15, 0.2) is 79.1 Å². The van der Waals surface area contributed by atoms with Crippen LogP contribution in [-0.2, 0) is 21.7 Å². The third kappa shape index (κ3) is 8.30. The molecule has 1 atom stereocenters. The fraction of sp³-hybridized carbons (Fsp3) is 0.389.